The van der Waals surface area contributed by atoms with E-state index in [1.165, 1.54) is 59.9 Å². The summed E-state index contributed by atoms with van der Waals surface area (Å²) in [4.78, 5) is 36.5. The van der Waals surface area contributed by atoms with E-state index in [1.807, 2.05) is 0 Å². The van der Waals surface area contributed by atoms with Crippen LogP contribution in [0.15, 0.2) is 97.5 Å². The number of benzene rings is 3. The van der Waals surface area contributed by atoms with Crippen molar-refractivity contribution >= 4 is 17.5 Å². The van der Waals surface area contributed by atoms with Gasteiger partial charge >= 0.3 is 0 Å². The first kappa shape index (κ1) is 22.7. The Morgan fingerprint density at radius 3 is 2.12 bits per heavy atom. The molecule has 2 amide bonds. The molecule has 0 aliphatic carbocycles. The van der Waals surface area contributed by atoms with E-state index in [-0.39, 0.29) is 12.2 Å². The van der Waals surface area contributed by atoms with Crippen molar-refractivity contribution in [2.75, 3.05) is 5.32 Å². The van der Waals surface area contributed by atoms with Crippen LogP contribution in [0, 0.1) is 11.6 Å². The molecule has 0 bridgehead atoms. The van der Waals surface area contributed by atoms with Gasteiger partial charge in [0.1, 0.15) is 23.4 Å². The van der Waals surface area contributed by atoms with E-state index in [4.69, 9.17) is 0 Å². The Bertz CT molecular complexity index is 1250. The molecule has 1 atom stereocenters. The van der Waals surface area contributed by atoms with Gasteiger partial charge in [-0.15, -0.1) is 0 Å². The second kappa shape index (κ2) is 10.4. The Morgan fingerprint density at radius 2 is 1.50 bits per heavy atom. The third kappa shape index (κ3) is 5.47. The Hall–Kier alpha value is -4.46. The highest BCUT2D eigenvalue weighted by Gasteiger charge is 2.33. The van der Waals surface area contributed by atoms with Gasteiger partial charge in [0.15, 0.2) is 0 Å². The van der Waals surface area contributed by atoms with Gasteiger partial charge in [-0.1, -0.05) is 42.5 Å². The van der Waals surface area contributed by atoms with Crippen LogP contribution in [0.4, 0.5) is 14.5 Å². The first-order valence-electron chi connectivity index (χ1n) is 10.4. The van der Waals surface area contributed by atoms with E-state index in [0.29, 0.717) is 16.8 Å². The molecule has 4 rings (SSSR count). The molecule has 0 aliphatic heterocycles. The number of amides is 2. The zero-order valence-electron chi connectivity index (χ0n) is 17.9. The summed E-state index contributed by atoms with van der Waals surface area (Å²) in [5.74, 6) is -1.88. The van der Waals surface area contributed by atoms with Gasteiger partial charge < -0.3 is 10.2 Å². The molecule has 1 N–H and O–H groups in total. The smallest absolute Gasteiger partial charge is 0.275 e. The number of carbonyl (C=O) groups is 2. The summed E-state index contributed by atoms with van der Waals surface area (Å²) in [7, 11) is 0. The fraction of sp³-hybridized carbons (Fsp3) is 0.0769. The van der Waals surface area contributed by atoms with Gasteiger partial charge in [0, 0.05) is 24.6 Å². The SMILES string of the molecule is O=C(Nc1ccc(F)cc1)[C@@H](c1ccccc1)N(Cc1ccc(F)cc1)C(=O)c1cnccn1. The normalized spacial score (nSPS) is 11.5. The lowest BCUT2D eigenvalue weighted by atomic mass is 10.0. The summed E-state index contributed by atoms with van der Waals surface area (Å²) in [5.41, 5.74) is 1.61. The molecule has 0 radical (unpaired) electrons. The Morgan fingerprint density at radius 1 is 0.853 bits per heavy atom. The lowest BCUT2D eigenvalue weighted by molar-refractivity contribution is -0.121. The molecular formula is C26H20F2N4O2. The van der Waals surface area contributed by atoms with Crippen LogP contribution >= 0.6 is 0 Å². The summed E-state index contributed by atoms with van der Waals surface area (Å²) in [6.07, 6.45) is 4.15. The van der Waals surface area contributed by atoms with Gasteiger partial charge in [-0.25, -0.2) is 13.8 Å². The van der Waals surface area contributed by atoms with Crippen LogP contribution in [0.25, 0.3) is 0 Å². The maximum atomic E-state index is 13.6. The van der Waals surface area contributed by atoms with Crippen molar-refractivity contribution < 1.29 is 18.4 Å². The standard InChI is InChI=1S/C26H20F2N4O2/c27-20-8-6-18(7-9-20)17-32(26(34)23-16-29-14-15-30-23)24(19-4-2-1-3-5-19)25(33)31-22-12-10-21(28)11-13-22/h1-16,24H,17H2,(H,31,33)/t24-/m1/s1. The quantitative estimate of drug-likeness (QED) is 0.433. The average molecular weight is 458 g/mol. The number of nitrogens with one attached hydrogen (secondary N) is 1. The minimum atomic E-state index is -1.06. The molecule has 3 aromatic carbocycles. The molecule has 4 aromatic rings. The first-order chi connectivity index (χ1) is 16.5. The second-order valence-electron chi connectivity index (χ2n) is 7.46. The molecule has 1 heterocycles. The Kier molecular flexibility index (Phi) is 6.98. The predicted octanol–water partition coefficient (Wildman–Crippen LogP) is 4.78. The monoisotopic (exact) mass is 458 g/mol. The highest BCUT2D eigenvalue weighted by molar-refractivity contribution is 6.00. The molecule has 6 nitrogen and oxygen atoms in total. The van der Waals surface area contributed by atoms with Gasteiger partial charge in [-0.2, -0.15) is 0 Å². The molecule has 0 unspecified atom stereocenters. The van der Waals surface area contributed by atoms with Crippen molar-refractivity contribution in [1.29, 1.82) is 0 Å². The number of hydrogen-bond donors (Lipinski definition) is 1. The van der Waals surface area contributed by atoms with Crippen LogP contribution in [0.5, 0.6) is 0 Å². The van der Waals surface area contributed by atoms with E-state index in [1.54, 1.807) is 42.5 Å². The lowest BCUT2D eigenvalue weighted by Gasteiger charge is -2.31. The predicted molar refractivity (Wildman–Crippen MR) is 123 cm³/mol. The largest absolute Gasteiger partial charge is 0.324 e. The summed E-state index contributed by atoms with van der Waals surface area (Å²) in [6, 6.07) is 18.7. The maximum Gasteiger partial charge on any atom is 0.275 e. The number of rotatable bonds is 7. The average Bonchev–Trinajstić information content (AvgIpc) is 2.87. The number of anilines is 1. The molecule has 0 aliphatic rings. The van der Waals surface area contributed by atoms with Crippen LogP contribution in [0.1, 0.15) is 27.7 Å². The van der Waals surface area contributed by atoms with E-state index in [0.717, 1.165) is 0 Å². The summed E-state index contributed by atoms with van der Waals surface area (Å²) < 4.78 is 26.8. The number of hydrogen-bond acceptors (Lipinski definition) is 4. The van der Waals surface area contributed by atoms with Crippen molar-refractivity contribution in [3.05, 3.63) is 126 Å². The van der Waals surface area contributed by atoms with Crippen molar-refractivity contribution in [3.63, 3.8) is 0 Å². The van der Waals surface area contributed by atoms with Gasteiger partial charge in [0.05, 0.1) is 6.20 Å². The summed E-state index contributed by atoms with van der Waals surface area (Å²) >= 11 is 0. The van der Waals surface area contributed by atoms with Crippen molar-refractivity contribution in [2.45, 2.75) is 12.6 Å². The van der Waals surface area contributed by atoms with E-state index < -0.39 is 29.5 Å². The van der Waals surface area contributed by atoms with Crippen LogP contribution in [0.2, 0.25) is 0 Å². The van der Waals surface area contributed by atoms with Crippen molar-refractivity contribution in [3.8, 4) is 0 Å². The van der Waals surface area contributed by atoms with E-state index in [2.05, 4.69) is 15.3 Å². The van der Waals surface area contributed by atoms with E-state index in [9.17, 15) is 18.4 Å². The summed E-state index contributed by atoms with van der Waals surface area (Å²) in [6.45, 7) is 0.00604. The third-order valence-electron chi connectivity index (χ3n) is 5.10. The number of nitrogens with zero attached hydrogens (tertiary/aromatic N) is 3. The molecule has 0 fully saturated rings. The molecule has 1 aromatic heterocycles. The highest BCUT2D eigenvalue weighted by atomic mass is 19.1. The topological polar surface area (TPSA) is 75.2 Å². The molecular weight excluding hydrogens is 438 g/mol. The van der Waals surface area contributed by atoms with Gasteiger partial charge in [-0.3, -0.25) is 14.6 Å². The van der Waals surface area contributed by atoms with Crippen LogP contribution in [-0.4, -0.2) is 26.7 Å². The van der Waals surface area contributed by atoms with Crippen molar-refractivity contribution in [2.24, 2.45) is 0 Å². The van der Waals surface area contributed by atoms with Crippen LogP contribution in [-0.2, 0) is 11.3 Å². The van der Waals surface area contributed by atoms with Crippen LogP contribution in [0.3, 0.4) is 0 Å². The number of aromatic nitrogens is 2. The minimum absolute atomic E-state index is 0.00604. The third-order valence-corrected chi connectivity index (χ3v) is 5.10. The zero-order chi connectivity index (χ0) is 23.9. The fourth-order valence-electron chi connectivity index (χ4n) is 3.48. The van der Waals surface area contributed by atoms with Gasteiger partial charge in [-0.05, 0) is 47.5 Å². The number of halogens is 2. The molecule has 0 spiro atoms. The molecule has 8 heteroatoms. The summed E-state index contributed by atoms with van der Waals surface area (Å²) in [5, 5.41) is 2.75. The molecule has 34 heavy (non-hydrogen) atoms. The lowest BCUT2D eigenvalue weighted by Crippen LogP contribution is -2.41. The van der Waals surface area contributed by atoms with E-state index >= 15 is 0 Å². The Labute approximate surface area is 194 Å². The second-order valence-corrected chi connectivity index (χ2v) is 7.46. The van der Waals surface area contributed by atoms with Crippen LogP contribution < -0.4 is 5.32 Å². The molecule has 0 saturated carbocycles. The fourth-order valence-corrected chi connectivity index (χ4v) is 3.48. The first-order valence-corrected chi connectivity index (χ1v) is 10.4. The highest BCUT2D eigenvalue weighted by Crippen LogP contribution is 2.27. The van der Waals surface area contributed by atoms with Gasteiger partial charge in [0.25, 0.3) is 11.8 Å². The zero-order valence-corrected chi connectivity index (χ0v) is 17.9. The van der Waals surface area contributed by atoms with Crippen molar-refractivity contribution in [1.82, 2.24) is 14.9 Å². The minimum Gasteiger partial charge on any atom is -0.324 e. The Balaban J connectivity index is 1.76. The molecule has 0 saturated heterocycles. The van der Waals surface area contributed by atoms with Gasteiger partial charge in [0.2, 0.25) is 0 Å². The molecule has 170 valence electrons. The number of carbonyl (C=O) groups excluding carboxylic acids is 2. The maximum absolute atomic E-state index is 13.6.